The van der Waals surface area contributed by atoms with Crippen molar-refractivity contribution < 1.29 is 9.85 Å². The third kappa shape index (κ3) is 1.52. The Kier molecular flexibility index (Phi) is 2.27. The van der Waals surface area contributed by atoms with Crippen LogP contribution in [0, 0.1) is 5.92 Å². The molecular weight excluding hydrogens is 127 g/mol. The summed E-state index contributed by atoms with van der Waals surface area (Å²) in [5, 5.41) is 4.32. The highest BCUT2D eigenvalue weighted by Gasteiger charge is 2.30. The molecule has 0 amide bonds. The van der Waals surface area contributed by atoms with Crippen LogP contribution < -0.4 is 0 Å². The SMILES string of the molecule is [2H]OC[C@H]1C[C@@H]([B])C[C@H]1OC. The van der Waals surface area contributed by atoms with Gasteiger partial charge in [0.15, 0.2) is 0 Å². The molecule has 0 aromatic heterocycles. The lowest BCUT2D eigenvalue weighted by Crippen LogP contribution is -2.19. The van der Waals surface area contributed by atoms with E-state index in [4.69, 9.17) is 14.0 Å². The van der Waals surface area contributed by atoms with Gasteiger partial charge in [0.1, 0.15) is 0 Å². The molecule has 0 heterocycles. The average Bonchev–Trinajstić information content (AvgIpc) is 2.32. The fraction of sp³-hybridized carbons (Fsp3) is 1.00. The second kappa shape index (κ2) is 3.40. The first kappa shape index (κ1) is 6.68. The van der Waals surface area contributed by atoms with E-state index in [1.165, 1.54) is 0 Å². The average molecular weight is 141 g/mol. The molecule has 1 saturated carbocycles. The van der Waals surface area contributed by atoms with E-state index in [2.05, 4.69) is 5.11 Å². The Bertz CT molecular complexity index is 123. The number of hydrogen-bond acceptors (Lipinski definition) is 2. The van der Waals surface area contributed by atoms with Crippen molar-refractivity contribution in [3.05, 3.63) is 0 Å². The maximum Gasteiger partial charge on any atom is 0.210 e. The normalized spacial score (nSPS) is 41.7. The van der Waals surface area contributed by atoms with Gasteiger partial charge in [-0.25, -0.2) is 0 Å². The summed E-state index contributed by atoms with van der Waals surface area (Å²) in [7, 11) is 7.40. The van der Waals surface area contributed by atoms with Crippen molar-refractivity contribution >= 4 is 7.85 Å². The summed E-state index contributed by atoms with van der Waals surface area (Å²) in [5.74, 6) is 0.535. The van der Waals surface area contributed by atoms with Crippen molar-refractivity contribution in [3.8, 4) is 0 Å². The highest BCUT2D eigenvalue weighted by Crippen LogP contribution is 2.34. The highest BCUT2D eigenvalue weighted by molar-refractivity contribution is 6.11. The van der Waals surface area contributed by atoms with E-state index in [1.807, 2.05) is 0 Å². The molecule has 0 aromatic rings. The first-order valence-corrected chi connectivity index (χ1v) is 3.64. The molecule has 1 aliphatic carbocycles. The second-order valence-electron chi connectivity index (χ2n) is 2.93. The number of aliphatic hydroxyl groups is 1. The molecule has 0 saturated heterocycles. The fourth-order valence-electron chi connectivity index (χ4n) is 1.59. The Hall–Kier alpha value is -0.0151. The van der Waals surface area contributed by atoms with E-state index in [9.17, 15) is 0 Å². The minimum Gasteiger partial charge on any atom is -0.396 e. The molecular formula is C7H13BO2. The van der Waals surface area contributed by atoms with Gasteiger partial charge in [0.05, 0.1) is 14.0 Å². The number of ether oxygens (including phenoxy) is 1. The topological polar surface area (TPSA) is 29.5 Å². The van der Waals surface area contributed by atoms with Crippen molar-refractivity contribution in [3.63, 3.8) is 0 Å². The number of rotatable bonds is 3. The molecule has 1 N–H and O–H groups in total. The van der Waals surface area contributed by atoms with Crippen LogP contribution in [-0.2, 0) is 4.74 Å². The lowest BCUT2D eigenvalue weighted by atomic mass is 9.85. The van der Waals surface area contributed by atoms with Gasteiger partial charge in [0.2, 0.25) is 1.43 Å². The summed E-state index contributed by atoms with van der Waals surface area (Å²) in [4.78, 5) is 0. The highest BCUT2D eigenvalue weighted by atomic mass is 16.5. The smallest absolute Gasteiger partial charge is 0.210 e. The van der Waals surface area contributed by atoms with Crippen molar-refractivity contribution in [1.82, 2.24) is 0 Å². The van der Waals surface area contributed by atoms with Crippen LogP contribution in [0.25, 0.3) is 0 Å². The number of methoxy groups -OCH3 is 1. The molecule has 1 rings (SSSR count). The Morgan fingerprint density at radius 2 is 2.60 bits per heavy atom. The minimum absolute atomic E-state index is 0.190. The van der Waals surface area contributed by atoms with Crippen LogP contribution in [-0.4, -0.2) is 34.2 Å². The van der Waals surface area contributed by atoms with Gasteiger partial charge in [-0.2, -0.15) is 0 Å². The molecule has 0 aliphatic heterocycles. The van der Waals surface area contributed by atoms with Gasteiger partial charge in [0.25, 0.3) is 0 Å². The predicted octanol–water partition coefficient (Wildman–Crippen LogP) is 0.361. The third-order valence-corrected chi connectivity index (χ3v) is 2.18. The molecule has 0 bridgehead atoms. The molecule has 10 heavy (non-hydrogen) atoms. The minimum atomic E-state index is 0.190. The van der Waals surface area contributed by atoms with Crippen molar-refractivity contribution in [2.75, 3.05) is 13.7 Å². The monoisotopic (exact) mass is 141 g/mol. The largest absolute Gasteiger partial charge is 0.396 e. The van der Waals surface area contributed by atoms with Gasteiger partial charge in [-0.05, 0) is 6.42 Å². The number of hydrogen-bond donors (Lipinski definition) is 1. The van der Waals surface area contributed by atoms with Gasteiger partial charge in [-0.3, -0.25) is 0 Å². The van der Waals surface area contributed by atoms with Gasteiger partial charge in [0, 0.05) is 19.6 Å². The van der Waals surface area contributed by atoms with Gasteiger partial charge in [-0.1, -0.05) is 12.2 Å². The van der Waals surface area contributed by atoms with E-state index in [-0.39, 0.29) is 11.9 Å². The van der Waals surface area contributed by atoms with Crippen molar-refractivity contribution in [1.29, 1.82) is 1.43 Å². The van der Waals surface area contributed by atoms with Crippen LogP contribution in [0.15, 0.2) is 0 Å². The van der Waals surface area contributed by atoms with Crippen LogP contribution >= 0.6 is 0 Å². The number of aliphatic hydroxyl groups excluding tert-OH is 1. The molecule has 2 radical (unpaired) electrons. The molecule has 0 spiro atoms. The Balaban J connectivity index is 2.37. The zero-order valence-electron chi connectivity index (χ0n) is 7.25. The summed E-state index contributed by atoms with van der Waals surface area (Å²) in [6, 6.07) is 0. The molecule has 56 valence electrons. The lowest BCUT2D eigenvalue weighted by Gasteiger charge is -2.14. The van der Waals surface area contributed by atoms with Crippen LogP contribution in [0.3, 0.4) is 0 Å². The fourth-order valence-corrected chi connectivity index (χ4v) is 1.59. The molecule has 3 heteroatoms. The van der Waals surface area contributed by atoms with Gasteiger partial charge in [-0.15, -0.1) is 0 Å². The first-order valence-electron chi connectivity index (χ1n) is 4.05. The Morgan fingerprint density at radius 3 is 3.20 bits per heavy atom. The van der Waals surface area contributed by atoms with Gasteiger partial charge < -0.3 is 9.85 Å². The van der Waals surface area contributed by atoms with E-state index in [0.717, 1.165) is 12.8 Å². The van der Waals surface area contributed by atoms with Crippen LogP contribution in [0.2, 0.25) is 5.82 Å². The molecule has 1 fully saturated rings. The summed E-state index contributed by atoms with van der Waals surface area (Å²) in [6.07, 6.45) is 2.00. The Morgan fingerprint density at radius 1 is 1.80 bits per heavy atom. The maximum atomic E-state index is 6.60. The molecule has 2 nitrogen and oxygen atoms in total. The first-order chi connectivity index (χ1) is 5.27. The Labute approximate surface area is 64.5 Å². The maximum absolute atomic E-state index is 6.60. The zero-order chi connectivity index (χ0) is 8.27. The standard InChI is InChI=1S/C7H13BO2/c1-10-7-3-6(8)2-5(7)4-9/h5-7,9H,2-4H2,1H3/t5-,6-,7-/m1/s1/i9D. The lowest BCUT2D eigenvalue weighted by molar-refractivity contribution is 0.0462. The summed E-state index contributed by atoms with van der Waals surface area (Å²) < 4.78 is 11.8. The van der Waals surface area contributed by atoms with E-state index < -0.39 is 0 Å². The summed E-state index contributed by atoms with van der Waals surface area (Å²) in [5.41, 5.74) is 0. The molecule has 0 unspecified atom stereocenters. The van der Waals surface area contributed by atoms with Crippen LogP contribution in [0.4, 0.5) is 0 Å². The van der Waals surface area contributed by atoms with Gasteiger partial charge >= 0.3 is 0 Å². The van der Waals surface area contributed by atoms with Crippen molar-refractivity contribution in [2.24, 2.45) is 5.92 Å². The quantitative estimate of drug-likeness (QED) is 0.575. The van der Waals surface area contributed by atoms with E-state index in [0.29, 0.717) is 12.5 Å². The van der Waals surface area contributed by atoms with Crippen LogP contribution in [0.5, 0.6) is 0 Å². The summed E-state index contributed by atoms with van der Waals surface area (Å²) in [6.45, 7) is 0.437. The third-order valence-electron chi connectivity index (χ3n) is 2.18. The second-order valence-corrected chi connectivity index (χ2v) is 2.93. The molecule has 3 atom stereocenters. The van der Waals surface area contributed by atoms with E-state index >= 15 is 0 Å². The zero-order valence-corrected chi connectivity index (χ0v) is 6.25. The van der Waals surface area contributed by atoms with Crippen LogP contribution in [0.1, 0.15) is 12.8 Å². The van der Waals surface area contributed by atoms with E-state index in [1.54, 1.807) is 7.11 Å². The van der Waals surface area contributed by atoms with Crippen molar-refractivity contribution in [2.45, 2.75) is 24.8 Å². The molecule has 0 aromatic carbocycles. The predicted molar refractivity (Wildman–Crippen MR) is 40.1 cm³/mol. The molecule has 1 aliphatic rings. The summed E-state index contributed by atoms with van der Waals surface area (Å²) >= 11 is 0.